The number of quaternary nitrogens is 1. The van der Waals surface area contributed by atoms with Crippen LogP contribution in [0.15, 0.2) is 70.6 Å². The summed E-state index contributed by atoms with van der Waals surface area (Å²) in [5.74, 6) is -1.93. The van der Waals surface area contributed by atoms with Crippen LogP contribution in [0.25, 0.3) is 11.0 Å². The summed E-state index contributed by atoms with van der Waals surface area (Å²) in [6.07, 6.45) is 3.92. The van der Waals surface area contributed by atoms with Gasteiger partial charge in [0, 0.05) is 36.3 Å². The maximum absolute atomic E-state index is 13.3. The number of para-hydroxylation sites is 1. The van der Waals surface area contributed by atoms with Crippen molar-refractivity contribution in [1.82, 2.24) is 9.88 Å². The molecule has 30 heavy (non-hydrogen) atoms. The van der Waals surface area contributed by atoms with Crippen LogP contribution in [-0.4, -0.2) is 48.8 Å². The van der Waals surface area contributed by atoms with E-state index >= 15 is 0 Å². The molecule has 7 nitrogen and oxygen atoms in total. The van der Waals surface area contributed by atoms with Gasteiger partial charge in [0.05, 0.1) is 26.7 Å². The van der Waals surface area contributed by atoms with Gasteiger partial charge >= 0.3 is 0 Å². The Morgan fingerprint density at radius 1 is 1.23 bits per heavy atom. The lowest BCUT2D eigenvalue weighted by Crippen LogP contribution is -3.05. The summed E-state index contributed by atoms with van der Waals surface area (Å²) < 4.78 is 5.69. The Morgan fingerprint density at radius 3 is 2.73 bits per heavy atom. The summed E-state index contributed by atoms with van der Waals surface area (Å²) in [7, 11) is 4.05. The molecule has 7 heteroatoms. The highest BCUT2D eigenvalue weighted by atomic mass is 16.3. The molecule has 2 aromatic heterocycles. The van der Waals surface area contributed by atoms with E-state index in [-0.39, 0.29) is 11.3 Å². The monoisotopic (exact) mass is 405 g/mol. The average molecular weight is 405 g/mol. The summed E-state index contributed by atoms with van der Waals surface area (Å²) in [6, 6.07) is 11.6. The third kappa shape index (κ3) is 3.59. The predicted octanol–water partition coefficient (Wildman–Crippen LogP) is 0.743. The molecule has 1 aliphatic rings. The number of benzene rings is 1. The quantitative estimate of drug-likeness (QED) is 0.586. The van der Waals surface area contributed by atoms with Gasteiger partial charge in [-0.2, -0.15) is 0 Å². The van der Waals surface area contributed by atoms with Gasteiger partial charge in [-0.05, 0) is 29.5 Å². The number of ketones is 1. The van der Waals surface area contributed by atoms with Gasteiger partial charge in [-0.3, -0.25) is 14.6 Å². The van der Waals surface area contributed by atoms with Gasteiger partial charge in [-0.1, -0.05) is 24.3 Å². The van der Waals surface area contributed by atoms with E-state index in [2.05, 4.69) is 4.98 Å². The summed E-state index contributed by atoms with van der Waals surface area (Å²) >= 11 is 0. The van der Waals surface area contributed by atoms with Crippen LogP contribution in [0.1, 0.15) is 28.6 Å². The van der Waals surface area contributed by atoms with Crippen molar-refractivity contribution in [2.45, 2.75) is 12.5 Å². The Labute approximate surface area is 174 Å². The normalized spacial score (nSPS) is 16.8. The summed E-state index contributed by atoms with van der Waals surface area (Å²) in [5.41, 5.74) is 1.11. The first-order chi connectivity index (χ1) is 14.5. The van der Waals surface area contributed by atoms with Gasteiger partial charge in [-0.15, -0.1) is 0 Å². The minimum Gasteiger partial charge on any atom is -0.868 e. The molecule has 0 spiro atoms. The number of hydrogen-bond donors (Lipinski definition) is 1. The van der Waals surface area contributed by atoms with Gasteiger partial charge < -0.3 is 19.3 Å². The molecule has 0 saturated heterocycles. The predicted molar refractivity (Wildman–Crippen MR) is 109 cm³/mol. The molecular formula is C23H23N3O4. The van der Waals surface area contributed by atoms with Crippen LogP contribution in [0.5, 0.6) is 0 Å². The summed E-state index contributed by atoms with van der Waals surface area (Å²) in [4.78, 5) is 33.0. The highest BCUT2D eigenvalue weighted by Gasteiger charge is 2.40. The molecule has 0 radical (unpaired) electrons. The van der Waals surface area contributed by atoms with Crippen molar-refractivity contribution in [3.63, 3.8) is 0 Å². The summed E-state index contributed by atoms with van der Waals surface area (Å²) in [6.45, 7) is 1.22. The molecule has 3 heterocycles. The fraction of sp³-hybridized carbons (Fsp3) is 0.261. The van der Waals surface area contributed by atoms with Crippen molar-refractivity contribution in [1.29, 1.82) is 0 Å². The minimum atomic E-state index is -0.772. The average Bonchev–Trinajstić information content (AvgIpc) is 3.28. The highest BCUT2D eigenvalue weighted by molar-refractivity contribution is 6.15. The Bertz CT molecular complexity index is 1080. The third-order valence-corrected chi connectivity index (χ3v) is 5.25. The van der Waals surface area contributed by atoms with Gasteiger partial charge in [0.25, 0.3) is 0 Å². The number of pyridine rings is 1. The van der Waals surface area contributed by atoms with Crippen molar-refractivity contribution in [2.24, 2.45) is 0 Å². The van der Waals surface area contributed by atoms with Crippen LogP contribution >= 0.6 is 0 Å². The molecule has 0 fully saturated rings. The second-order valence-electron chi connectivity index (χ2n) is 7.72. The lowest BCUT2D eigenvalue weighted by molar-refractivity contribution is -0.858. The first-order valence-electron chi connectivity index (χ1n) is 9.91. The van der Waals surface area contributed by atoms with Gasteiger partial charge in [0.2, 0.25) is 11.7 Å². The molecule has 1 aliphatic heterocycles. The van der Waals surface area contributed by atoms with E-state index in [1.54, 1.807) is 36.7 Å². The number of fused-ring (bicyclic) bond motifs is 1. The highest BCUT2D eigenvalue weighted by Crippen LogP contribution is 2.38. The number of carbonyl (C=O) groups excluding carboxylic acids is 2. The molecule has 0 bridgehead atoms. The lowest BCUT2D eigenvalue weighted by atomic mass is 9.96. The SMILES string of the molecule is C[NH+](C)CCCN1C(=O)C([O-])=C(C(=O)c2cc3ccccc3o2)C1c1cccnc1. The van der Waals surface area contributed by atoms with Crippen LogP contribution in [-0.2, 0) is 4.79 Å². The topological polar surface area (TPSA) is 90.9 Å². The third-order valence-electron chi connectivity index (χ3n) is 5.25. The van der Waals surface area contributed by atoms with E-state index in [1.165, 1.54) is 9.80 Å². The van der Waals surface area contributed by atoms with Crippen LogP contribution in [0.4, 0.5) is 0 Å². The zero-order chi connectivity index (χ0) is 21.3. The molecular weight excluding hydrogens is 382 g/mol. The number of Topliss-reactive ketones (excluding diaryl/α,β-unsaturated/α-hetero) is 1. The number of nitrogens with zero attached hydrogens (tertiary/aromatic N) is 2. The smallest absolute Gasteiger partial charge is 0.239 e. The summed E-state index contributed by atoms with van der Waals surface area (Å²) in [5, 5.41) is 13.7. The molecule has 0 aliphatic carbocycles. The number of furan rings is 1. The number of hydrogen-bond acceptors (Lipinski definition) is 5. The second-order valence-corrected chi connectivity index (χ2v) is 7.72. The van der Waals surface area contributed by atoms with Gasteiger partial charge in [0.1, 0.15) is 5.58 Å². The fourth-order valence-corrected chi connectivity index (χ4v) is 3.81. The number of amides is 1. The molecule has 0 saturated carbocycles. The molecule has 1 aromatic carbocycles. The minimum absolute atomic E-state index is 0.0563. The second kappa shape index (κ2) is 8.12. The number of carbonyl (C=O) groups is 2. The van der Waals surface area contributed by atoms with E-state index in [0.717, 1.165) is 11.9 Å². The van der Waals surface area contributed by atoms with Crippen molar-refractivity contribution >= 4 is 22.7 Å². The van der Waals surface area contributed by atoms with Gasteiger partial charge in [-0.25, -0.2) is 0 Å². The van der Waals surface area contributed by atoms with Crippen LogP contribution in [0, 0.1) is 0 Å². The molecule has 1 amide bonds. The van der Waals surface area contributed by atoms with E-state index in [1.807, 2.05) is 32.3 Å². The standard InChI is InChI=1S/C23H23N3O4/c1-25(2)11-6-12-26-20(16-8-5-10-24-14-16)19(22(28)23(26)29)21(27)18-13-15-7-3-4-9-17(15)30-18/h3-5,7-10,13-14,20,28H,6,11-12H2,1-2H3. The van der Waals surface area contributed by atoms with E-state index in [0.29, 0.717) is 24.1 Å². The zero-order valence-electron chi connectivity index (χ0n) is 16.9. The number of rotatable bonds is 7. The van der Waals surface area contributed by atoms with Gasteiger partial charge in [0.15, 0.2) is 5.76 Å². The van der Waals surface area contributed by atoms with Crippen molar-refractivity contribution in [3.8, 4) is 0 Å². The van der Waals surface area contributed by atoms with Crippen molar-refractivity contribution in [2.75, 3.05) is 27.2 Å². The maximum atomic E-state index is 13.3. The van der Waals surface area contributed by atoms with Crippen LogP contribution < -0.4 is 10.0 Å². The molecule has 4 rings (SSSR count). The zero-order valence-corrected chi connectivity index (χ0v) is 16.9. The van der Waals surface area contributed by atoms with Crippen LogP contribution in [0.3, 0.4) is 0 Å². The largest absolute Gasteiger partial charge is 0.868 e. The van der Waals surface area contributed by atoms with E-state index < -0.39 is 23.5 Å². The molecule has 154 valence electrons. The Balaban J connectivity index is 1.73. The van der Waals surface area contributed by atoms with E-state index in [4.69, 9.17) is 4.42 Å². The maximum Gasteiger partial charge on any atom is 0.239 e. The number of nitrogens with one attached hydrogen (secondary N) is 1. The molecule has 3 aromatic rings. The Morgan fingerprint density at radius 2 is 2.03 bits per heavy atom. The Kier molecular flexibility index (Phi) is 5.37. The Hall–Kier alpha value is -3.45. The van der Waals surface area contributed by atoms with Crippen LogP contribution in [0.2, 0.25) is 0 Å². The van der Waals surface area contributed by atoms with E-state index in [9.17, 15) is 14.7 Å². The van der Waals surface area contributed by atoms with Crippen molar-refractivity contribution in [3.05, 3.63) is 77.5 Å². The first-order valence-corrected chi connectivity index (χ1v) is 9.91. The number of aromatic nitrogens is 1. The molecule has 1 N–H and O–H groups in total. The first kappa shape index (κ1) is 19.8. The molecule has 1 atom stereocenters. The fourth-order valence-electron chi connectivity index (χ4n) is 3.81. The lowest BCUT2D eigenvalue weighted by Gasteiger charge is -2.27. The molecule has 1 unspecified atom stereocenters. The van der Waals surface area contributed by atoms with Crippen molar-refractivity contribution < 1.29 is 24.0 Å².